The van der Waals surface area contributed by atoms with Crippen molar-refractivity contribution in [1.29, 1.82) is 0 Å². The summed E-state index contributed by atoms with van der Waals surface area (Å²) in [5.74, 6) is 0.235. The number of nitrogens with zero attached hydrogens (tertiary/aromatic N) is 4. The van der Waals surface area contributed by atoms with Crippen molar-refractivity contribution in [2.75, 3.05) is 23.0 Å². The lowest BCUT2D eigenvalue weighted by Crippen LogP contribution is -2.25. The Morgan fingerprint density at radius 3 is 2.29 bits per heavy atom. The molecule has 0 spiro atoms. The Bertz CT molecular complexity index is 1410. The first-order valence-electron chi connectivity index (χ1n) is 9.87. The number of aromatic nitrogens is 4. The summed E-state index contributed by atoms with van der Waals surface area (Å²) < 4.78 is 40.7. The van der Waals surface area contributed by atoms with Crippen LogP contribution in [0.25, 0.3) is 16.9 Å². The molecule has 0 saturated heterocycles. The molecule has 180 valence electrons. The highest BCUT2D eigenvalue weighted by atomic mass is 35.5. The topological polar surface area (TPSA) is 126 Å². The van der Waals surface area contributed by atoms with E-state index in [1.54, 1.807) is 28.8 Å². The average molecular weight is 505 g/mol. The van der Waals surface area contributed by atoms with Crippen molar-refractivity contribution in [1.82, 2.24) is 24.8 Å². The number of imidazole rings is 1. The first-order chi connectivity index (χ1) is 16.7. The van der Waals surface area contributed by atoms with Crippen LogP contribution in [-0.2, 0) is 6.18 Å². The summed E-state index contributed by atoms with van der Waals surface area (Å²) >= 11 is 5.59. The monoisotopic (exact) mass is 504 g/mol. The summed E-state index contributed by atoms with van der Waals surface area (Å²) in [5.41, 5.74) is 0.729. The molecule has 2 aromatic heterocycles. The summed E-state index contributed by atoms with van der Waals surface area (Å²) in [6.07, 6.45) is -1.86. The van der Waals surface area contributed by atoms with Crippen molar-refractivity contribution >= 4 is 52.0 Å². The molecule has 14 heteroatoms. The second-order valence-electron chi connectivity index (χ2n) is 7.03. The molecule has 2 aromatic carbocycles. The van der Waals surface area contributed by atoms with Gasteiger partial charge in [0.15, 0.2) is 17.0 Å². The zero-order chi connectivity index (χ0) is 25.2. The number of alkyl halides is 3. The number of carbonyl (C=O) groups excluding carboxylic acids is 2. The number of fused-ring (bicyclic) bond motifs is 1. The van der Waals surface area contributed by atoms with Crippen LogP contribution in [-0.4, -0.2) is 38.6 Å². The van der Waals surface area contributed by atoms with E-state index < -0.39 is 28.8 Å². The van der Waals surface area contributed by atoms with Crippen molar-refractivity contribution in [3.05, 3.63) is 65.7 Å². The number of hydrogen-bond acceptors (Lipinski definition) is 5. The number of rotatable bonds is 4. The fraction of sp³-hybridized carbons (Fsp3) is 0.0952. The molecule has 0 radical (unpaired) electrons. The molecular formula is C21H16ClF3N8O2. The number of halogens is 4. The molecule has 0 atom stereocenters. The van der Waals surface area contributed by atoms with Gasteiger partial charge in [0.05, 0.1) is 10.6 Å². The average Bonchev–Trinajstić information content (AvgIpc) is 3.25. The van der Waals surface area contributed by atoms with Crippen LogP contribution in [0.4, 0.5) is 40.0 Å². The lowest BCUT2D eigenvalue weighted by molar-refractivity contribution is -0.137. The number of nitrogens with one attached hydrogen (secondary N) is 4. The van der Waals surface area contributed by atoms with E-state index in [0.717, 1.165) is 12.1 Å². The van der Waals surface area contributed by atoms with Crippen molar-refractivity contribution in [3.8, 4) is 5.69 Å². The highest BCUT2D eigenvalue weighted by Gasteiger charge is 2.33. The van der Waals surface area contributed by atoms with Crippen LogP contribution in [0.3, 0.4) is 0 Å². The second kappa shape index (κ2) is 9.46. The number of benzene rings is 2. The molecule has 0 aliphatic carbocycles. The highest BCUT2D eigenvalue weighted by Crippen LogP contribution is 2.36. The SMILES string of the molecule is CNC(=O)Nc1ncnc2c1ncn2-c1ccc(NC(=O)Nc2ccc(Cl)c(C(F)(F)F)c2)cc1. The van der Waals surface area contributed by atoms with Crippen LogP contribution in [0.2, 0.25) is 5.02 Å². The van der Waals surface area contributed by atoms with Gasteiger partial charge in [0.1, 0.15) is 12.7 Å². The third kappa shape index (κ3) is 5.24. The molecule has 2 heterocycles. The standard InChI is InChI=1S/C21H16ClF3N8O2/c1-26-19(34)32-17-16-18(28-9-27-17)33(10-29-16)13-5-2-11(3-6-13)30-20(35)31-12-4-7-15(22)14(8-12)21(23,24)25/h2-10H,1H3,(H2,30,31,35)(H2,26,27,28,32,34). The van der Waals surface area contributed by atoms with Gasteiger partial charge in [-0.2, -0.15) is 13.2 Å². The van der Waals surface area contributed by atoms with Gasteiger partial charge in [0.2, 0.25) is 0 Å². The van der Waals surface area contributed by atoms with Gasteiger partial charge in [-0.15, -0.1) is 0 Å². The molecule has 0 bridgehead atoms. The highest BCUT2D eigenvalue weighted by molar-refractivity contribution is 6.31. The summed E-state index contributed by atoms with van der Waals surface area (Å²) in [6.45, 7) is 0. The summed E-state index contributed by atoms with van der Waals surface area (Å²) in [5, 5.41) is 9.41. The van der Waals surface area contributed by atoms with Crippen LogP contribution in [0.1, 0.15) is 5.56 Å². The predicted octanol–water partition coefficient (Wildman–Crippen LogP) is 4.88. The Kier molecular flexibility index (Phi) is 6.42. The molecule has 0 saturated carbocycles. The van der Waals surface area contributed by atoms with E-state index in [-0.39, 0.29) is 11.5 Å². The maximum atomic E-state index is 13.0. The van der Waals surface area contributed by atoms with E-state index >= 15 is 0 Å². The van der Waals surface area contributed by atoms with Gasteiger partial charge in [0, 0.05) is 24.1 Å². The first-order valence-corrected chi connectivity index (χ1v) is 10.3. The van der Waals surface area contributed by atoms with Gasteiger partial charge >= 0.3 is 18.2 Å². The first kappa shape index (κ1) is 23.8. The summed E-state index contributed by atoms with van der Waals surface area (Å²) in [6, 6.07) is 8.42. The maximum Gasteiger partial charge on any atom is 0.417 e. The normalized spacial score (nSPS) is 11.2. The van der Waals surface area contributed by atoms with Gasteiger partial charge in [0.25, 0.3) is 0 Å². The fourth-order valence-electron chi connectivity index (χ4n) is 3.10. The van der Waals surface area contributed by atoms with Crippen molar-refractivity contribution < 1.29 is 22.8 Å². The van der Waals surface area contributed by atoms with Gasteiger partial charge in [-0.3, -0.25) is 9.88 Å². The molecule has 4 amide bonds. The Labute approximate surface area is 200 Å². The molecule has 4 aromatic rings. The quantitative estimate of drug-likeness (QED) is 0.315. The van der Waals surface area contributed by atoms with Crippen molar-refractivity contribution in [2.24, 2.45) is 0 Å². The van der Waals surface area contributed by atoms with Crippen LogP contribution in [0.5, 0.6) is 0 Å². The lowest BCUT2D eigenvalue weighted by atomic mass is 10.2. The van der Waals surface area contributed by atoms with Crippen molar-refractivity contribution in [3.63, 3.8) is 0 Å². The Morgan fingerprint density at radius 1 is 0.914 bits per heavy atom. The molecule has 0 aliphatic rings. The van der Waals surface area contributed by atoms with Crippen LogP contribution < -0.4 is 21.3 Å². The molecule has 10 nitrogen and oxygen atoms in total. The van der Waals surface area contributed by atoms with Crippen LogP contribution >= 0.6 is 11.6 Å². The number of amides is 4. The minimum atomic E-state index is -4.65. The molecule has 0 unspecified atom stereocenters. The molecule has 0 aliphatic heterocycles. The zero-order valence-corrected chi connectivity index (χ0v) is 18.6. The van der Waals surface area contributed by atoms with Crippen LogP contribution in [0.15, 0.2) is 55.1 Å². The van der Waals surface area contributed by atoms with E-state index in [4.69, 9.17) is 11.6 Å². The third-order valence-electron chi connectivity index (χ3n) is 4.73. The van der Waals surface area contributed by atoms with E-state index in [0.29, 0.717) is 22.5 Å². The van der Waals surface area contributed by atoms with Crippen LogP contribution in [0, 0.1) is 0 Å². The predicted molar refractivity (Wildman–Crippen MR) is 124 cm³/mol. The summed E-state index contributed by atoms with van der Waals surface area (Å²) in [4.78, 5) is 36.4. The molecular weight excluding hydrogens is 489 g/mol. The van der Waals surface area contributed by atoms with Crippen molar-refractivity contribution in [2.45, 2.75) is 6.18 Å². The molecule has 35 heavy (non-hydrogen) atoms. The molecule has 4 rings (SSSR count). The van der Waals surface area contributed by atoms with E-state index in [1.165, 1.54) is 25.8 Å². The largest absolute Gasteiger partial charge is 0.417 e. The minimum absolute atomic E-state index is 0.0680. The Balaban J connectivity index is 1.48. The maximum absolute atomic E-state index is 13.0. The second-order valence-corrected chi connectivity index (χ2v) is 7.44. The zero-order valence-electron chi connectivity index (χ0n) is 17.8. The number of anilines is 3. The Morgan fingerprint density at radius 2 is 1.60 bits per heavy atom. The van der Waals surface area contributed by atoms with Gasteiger partial charge in [-0.25, -0.2) is 24.5 Å². The van der Waals surface area contributed by atoms with E-state index in [9.17, 15) is 22.8 Å². The summed E-state index contributed by atoms with van der Waals surface area (Å²) in [7, 11) is 1.47. The van der Waals surface area contributed by atoms with E-state index in [1.807, 2.05) is 0 Å². The lowest BCUT2D eigenvalue weighted by Gasteiger charge is -2.12. The number of carbonyl (C=O) groups is 2. The van der Waals surface area contributed by atoms with Gasteiger partial charge < -0.3 is 16.0 Å². The molecule has 0 fully saturated rings. The number of urea groups is 2. The van der Waals surface area contributed by atoms with Gasteiger partial charge in [-0.1, -0.05) is 11.6 Å². The minimum Gasteiger partial charge on any atom is -0.341 e. The molecule has 4 N–H and O–H groups in total. The Hall–Kier alpha value is -4.39. The smallest absolute Gasteiger partial charge is 0.341 e. The third-order valence-corrected chi connectivity index (χ3v) is 5.06. The number of hydrogen-bond donors (Lipinski definition) is 4. The van der Waals surface area contributed by atoms with E-state index in [2.05, 4.69) is 36.2 Å². The fourth-order valence-corrected chi connectivity index (χ4v) is 3.33. The van der Waals surface area contributed by atoms with Gasteiger partial charge in [-0.05, 0) is 42.5 Å².